The first-order chi connectivity index (χ1) is 5.20. The quantitative estimate of drug-likeness (QED) is 0.570. The Bertz CT molecular complexity index is 256. The Hall–Kier alpha value is -0.890. The smallest absolute Gasteiger partial charge is 0.129 e. The van der Waals surface area contributed by atoms with E-state index in [1.807, 2.05) is 18.2 Å². The summed E-state index contributed by atoms with van der Waals surface area (Å²) in [6.07, 6.45) is 2.01. The van der Waals surface area contributed by atoms with Gasteiger partial charge in [0.15, 0.2) is 0 Å². The maximum Gasteiger partial charge on any atom is 0.129 e. The van der Waals surface area contributed by atoms with Crippen LogP contribution in [0.2, 0.25) is 0 Å². The molecule has 0 saturated carbocycles. The van der Waals surface area contributed by atoms with Crippen LogP contribution in [0.3, 0.4) is 0 Å². The lowest BCUT2D eigenvalue weighted by Crippen LogP contribution is -1.98. The molecule has 2 rings (SSSR count). The van der Waals surface area contributed by atoms with E-state index in [0.29, 0.717) is 0 Å². The molecule has 58 valence electrons. The minimum Gasteiger partial charge on any atom is -0.360 e. The van der Waals surface area contributed by atoms with E-state index in [9.17, 15) is 0 Å². The van der Waals surface area contributed by atoms with Gasteiger partial charge in [0.2, 0.25) is 0 Å². The molecular weight excluding hydrogens is 138 g/mol. The molecule has 1 atom stereocenters. The van der Waals surface area contributed by atoms with Gasteiger partial charge in [-0.05, 0) is 26.0 Å². The molecule has 0 amide bonds. The zero-order valence-electron chi connectivity index (χ0n) is 6.74. The maximum absolute atomic E-state index is 5.43. The van der Waals surface area contributed by atoms with Crippen molar-refractivity contribution in [1.29, 1.82) is 0 Å². The van der Waals surface area contributed by atoms with Gasteiger partial charge in [0.25, 0.3) is 0 Å². The van der Waals surface area contributed by atoms with E-state index >= 15 is 0 Å². The van der Waals surface area contributed by atoms with E-state index in [1.165, 1.54) is 0 Å². The number of nitrogens with zero attached hydrogens (tertiary/aromatic N) is 1. The number of hydrogen-bond acceptors (Lipinski definition) is 2. The lowest BCUT2D eigenvalue weighted by Gasteiger charge is -1.94. The van der Waals surface area contributed by atoms with Crippen LogP contribution >= 0.6 is 0 Å². The van der Waals surface area contributed by atoms with Crippen LogP contribution in [-0.4, -0.2) is 10.6 Å². The molecule has 2 heterocycles. The first-order valence-corrected chi connectivity index (χ1v) is 3.79. The normalized spacial score (nSPS) is 26.5. The fourth-order valence-electron chi connectivity index (χ4n) is 1.22. The standard InChI is InChI=1S/C9H11NO/c1-9(2)8(11-9)7-5-3-4-6-10-7/h3-6,8H,1-2H3/t8-/m1/s1. The van der Waals surface area contributed by atoms with Crippen molar-refractivity contribution in [2.75, 3.05) is 0 Å². The summed E-state index contributed by atoms with van der Waals surface area (Å²) in [7, 11) is 0. The molecule has 1 aliphatic heterocycles. The molecule has 0 bridgehead atoms. The maximum atomic E-state index is 5.43. The number of hydrogen-bond donors (Lipinski definition) is 0. The summed E-state index contributed by atoms with van der Waals surface area (Å²) < 4.78 is 5.43. The van der Waals surface area contributed by atoms with Crippen molar-refractivity contribution in [2.24, 2.45) is 0 Å². The van der Waals surface area contributed by atoms with Crippen molar-refractivity contribution < 1.29 is 4.74 Å². The molecule has 0 unspecified atom stereocenters. The minimum atomic E-state index is 0.00829. The van der Waals surface area contributed by atoms with Crippen molar-refractivity contribution in [1.82, 2.24) is 4.98 Å². The van der Waals surface area contributed by atoms with E-state index in [-0.39, 0.29) is 11.7 Å². The molecule has 1 saturated heterocycles. The third kappa shape index (κ3) is 1.14. The van der Waals surface area contributed by atoms with Gasteiger partial charge in [-0.1, -0.05) is 6.07 Å². The topological polar surface area (TPSA) is 25.4 Å². The van der Waals surface area contributed by atoms with Crippen molar-refractivity contribution in [3.63, 3.8) is 0 Å². The van der Waals surface area contributed by atoms with Crippen LogP contribution in [0.25, 0.3) is 0 Å². The summed E-state index contributed by atoms with van der Waals surface area (Å²) in [6.45, 7) is 4.15. The van der Waals surface area contributed by atoms with Gasteiger partial charge >= 0.3 is 0 Å². The van der Waals surface area contributed by atoms with Crippen LogP contribution in [0.4, 0.5) is 0 Å². The Labute approximate surface area is 66.2 Å². The van der Waals surface area contributed by atoms with Crippen LogP contribution in [0, 0.1) is 0 Å². The van der Waals surface area contributed by atoms with Gasteiger partial charge in [-0.15, -0.1) is 0 Å². The van der Waals surface area contributed by atoms with E-state index in [4.69, 9.17) is 4.74 Å². The molecule has 2 heteroatoms. The first-order valence-electron chi connectivity index (χ1n) is 3.79. The average molecular weight is 149 g/mol. The van der Waals surface area contributed by atoms with Crippen LogP contribution < -0.4 is 0 Å². The van der Waals surface area contributed by atoms with Crippen molar-refractivity contribution in [3.05, 3.63) is 30.1 Å². The molecule has 0 N–H and O–H groups in total. The SMILES string of the molecule is CC1(C)O[C@@H]1c1ccccn1. The number of rotatable bonds is 1. The molecule has 0 aliphatic carbocycles. The molecule has 1 aromatic heterocycles. The van der Waals surface area contributed by atoms with Crippen LogP contribution in [0.5, 0.6) is 0 Å². The molecule has 2 nitrogen and oxygen atoms in total. The summed E-state index contributed by atoms with van der Waals surface area (Å²) in [5.41, 5.74) is 1.05. The predicted octanol–water partition coefficient (Wildman–Crippen LogP) is 1.93. The average Bonchev–Trinajstić information content (AvgIpc) is 2.62. The zero-order chi connectivity index (χ0) is 7.90. The van der Waals surface area contributed by atoms with E-state index < -0.39 is 0 Å². The second kappa shape index (κ2) is 2.05. The second-order valence-corrected chi connectivity index (χ2v) is 3.36. The van der Waals surface area contributed by atoms with E-state index in [2.05, 4.69) is 18.8 Å². The van der Waals surface area contributed by atoms with Gasteiger partial charge in [0.1, 0.15) is 6.10 Å². The molecule has 0 spiro atoms. The lowest BCUT2D eigenvalue weighted by molar-refractivity contribution is 0.324. The molecule has 1 aromatic rings. The monoisotopic (exact) mass is 149 g/mol. The minimum absolute atomic E-state index is 0.00829. The summed E-state index contributed by atoms with van der Waals surface area (Å²) in [4.78, 5) is 4.21. The Morgan fingerprint density at radius 2 is 2.18 bits per heavy atom. The Morgan fingerprint density at radius 1 is 1.45 bits per heavy atom. The Kier molecular flexibility index (Phi) is 1.26. The van der Waals surface area contributed by atoms with Crippen molar-refractivity contribution >= 4 is 0 Å². The number of epoxide rings is 1. The molecule has 1 fully saturated rings. The van der Waals surface area contributed by atoms with Gasteiger partial charge in [-0.25, -0.2) is 0 Å². The highest BCUT2D eigenvalue weighted by Crippen LogP contribution is 2.47. The fourth-order valence-corrected chi connectivity index (χ4v) is 1.22. The fraction of sp³-hybridized carbons (Fsp3) is 0.444. The zero-order valence-corrected chi connectivity index (χ0v) is 6.74. The third-order valence-corrected chi connectivity index (χ3v) is 1.95. The molecule has 0 radical (unpaired) electrons. The largest absolute Gasteiger partial charge is 0.360 e. The van der Waals surface area contributed by atoms with E-state index in [1.54, 1.807) is 6.20 Å². The van der Waals surface area contributed by atoms with Crippen LogP contribution in [0.1, 0.15) is 25.6 Å². The summed E-state index contributed by atoms with van der Waals surface area (Å²) in [5, 5.41) is 0. The molecule has 1 aliphatic rings. The first kappa shape index (κ1) is 6.80. The predicted molar refractivity (Wildman–Crippen MR) is 42.1 cm³/mol. The summed E-state index contributed by atoms with van der Waals surface area (Å²) in [5.74, 6) is 0. The van der Waals surface area contributed by atoms with Gasteiger partial charge < -0.3 is 4.74 Å². The van der Waals surface area contributed by atoms with Gasteiger partial charge in [0, 0.05) is 6.20 Å². The Balaban J connectivity index is 2.21. The van der Waals surface area contributed by atoms with Gasteiger partial charge in [0.05, 0.1) is 11.3 Å². The van der Waals surface area contributed by atoms with Crippen LogP contribution in [0.15, 0.2) is 24.4 Å². The molecular formula is C9H11NO. The van der Waals surface area contributed by atoms with Gasteiger partial charge in [-0.2, -0.15) is 0 Å². The number of pyridine rings is 1. The highest BCUT2D eigenvalue weighted by atomic mass is 16.6. The number of ether oxygens (including phenoxy) is 1. The van der Waals surface area contributed by atoms with Crippen LogP contribution in [-0.2, 0) is 4.74 Å². The summed E-state index contributed by atoms with van der Waals surface area (Å²) in [6, 6.07) is 5.90. The summed E-state index contributed by atoms with van der Waals surface area (Å²) >= 11 is 0. The molecule has 11 heavy (non-hydrogen) atoms. The van der Waals surface area contributed by atoms with Crippen molar-refractivity contribution in [3.8, 4) is 0 Å². The third-order valence-electron chi connectivity index (χ3n) is 1.95. The van der Waals surface area contributed by atoms with E-state index in [0.717, 1.165) is 5.69 Å². The molecule has 0 aromatic carbocycles. The highest BCUT2D eigenvalue weighted by Gasteiger charge is 2.49. The lowest BCUT2D eigenvalue weighted by atomic mass is 10.1. The van der Waals surface area contributed by atoms with Crippen molar-refractivity contribution in [2.45, 2.75) is 25.6 Å². The highest BCUT2D eigenvalue weighted by molar-refractivity contribution is 5.16. The Morgan fingerprint density at radius 3 is 2.64 bits per heavy atom. The second-order valence-electron chi connectivity index (χ2n) is 3.36. The number of aromatic nitrogens is 1. The van der Waals surface area contributed by atoms with Gasteiger partial charge in [-0.3, -0.25) is 4.98 Å².